The number of halogens is 2. The average molecular weight is 737 g/mol. The van der Waals surface area contributed by atoms with E-state index in [0.717, 1.165) is 22.3 Å². The number of morpholine rings is 1. The minimum absolute atomic E-state index is 0.100. The first-order chi connectivity index (χ1) is 24.2. The number of carbonyl (C=O) groups is 2. The zero-order valence-corrected chi connectivity index (χ0v) is 32.3. The van der Waals surface area contributed by atoms with Gasteiger partial charge in [0.2, 0.25) is 5.91 Å². The summed E-state index contributed by atoms with van der Waals surface area (Å²) >= 11 is 12.6. The second kappa shape index (κ2) is 16.8. The molecule has 0 radical (unpaired) electrons. The van der Waals surface area contributed by atoms with Gasteiger partial charge in [0.15, 0.2) is 0 Å². The van der Waals surface area contributed by atoms with Crippen molar-refractivity contribution < 1.29 is 19.1 Å². The third-order valence-electron chi connectivity index (χ3n) is 9.43. The van der Waals surface area contributed by atoms with Crippen molar-refractivity contribution in [1.29, 1.82) is 0 Å². The van der Waals surface area contributed by atoms with Crippen molar-refractivity contribution in [3.63, 3.8) is 0 Å². The first-order valence-electron chi connectivity index (χ1n) is 17.8. The van der Waals surface area contributed by atoms with Gasteiger partial charge in [0.05, 0.1) is 44.0 Å². The first kappa shape index (κ1) is 38.6. The lowest BCUT2D eigenvalue weighted by Crippen LogP contribution is -2.56. The Morgan fingerprint density at radius 2 is 1.39 bits per heavy atom. The number of rotatable bonds is 9. The summed E-state index contributed by atoms with van der Waals surface area (Å²) in [6.45, 7) is 18.1. The molecule has 0 N–H and O–H groups in total. The van der Waals surface area contributed by atoms with E-state index in [1.54, 1.807) is 4.90 Å². The van der Waals surface area contributed by atoms with Crippen LogP contribution in [0.2, 0.25) is 10.0 Å². The van der Waals surface area contributed by atoms with Crippen LogP contribution in [0.4, 0.5) is 4.79 Å². The molecule has 2 fully saturated rings. The van der Waals surface area contributed by atoms with Crippen LogP contribution in [0.15, 0.2) is 71.7 Å². The van der Waals surface area contributed by atoms with E-state index in [0.29, 0.717) is 87.3 Å². The van der Waals surface area contributed by atoms with Crippen molar-refractivity contribution in [2.45, 2.75) is 59.0 Å². The van der Waals surface area contributed by atoms with Crippen molar-refractivity contribution in [3.8, 4) is 5.75 Å². The number of carbonyl (C=O) groups excluding carboxylic acids is 2. The molecule has 274 valence electrons. The molecule has 3 aromatic rings. The molecule has 2 aliphatic heterocycles. The molecule has 0 atom stereocenters. The standard InChI is InChI=1S/C40H51Cl2N5O4/c1-7-51-35-26-31(39(2,3)4)12-17-34(35)37(43-40(5,6)30-10-15-33(42)16-11-30)47(27-29-8-13-32(41)14-9-29)38(49)46-20-18-44(19-21-46)28-36(48)45-22-24-50-25-23-45/h8-17,26H,7,18-25,27-28H2,1-6H3/b43-37-. The van der Waals surface area contributed by atoms with Gasteiger partial charge in [-0.1, -0.05) is 74.3 Å². The lowest BCUT2D eigenvalue weighted by Gasteiger charge is -2.39. The molecule has 0 aliphatic carbocycles. The fourth-order valence-corrected chi connectivity index (χ4v) is 6.53. The van der Waals surface area contributed by atoms with E-state index >= 15 is 0 Å². The highest BCUT2D eigenvalue weighted by Crippen LogP contribution is 2.34. The number of piperazine rings is 1. The van der Waals surface area contributed by atoms with Gasteiger partial charge in [-0.15, -0.1) is 0 Å². The topological polar surface area (TPSA) is 77.9 Å². The molecule has 2 aliphatic rings. The molecule has 0 bridgehead atoms. The van der Waals surface area contributed by atoms with Crippen LogP contribution in [0.5, 0.6) is 5.75 Å². The number of ether oxygens (including phenoxy) is 2. The van der Waals surface area contributed by atoms with Gasteiger partial charge in [-0.25, -0.2) is 4.79 Å². The van der Waals surface area contributed by atoms with E-state index in [9.17, 15) is 9.59 Å². The Morgan fingerprint density at radius 3 is 1.98 bits per heavy atom. The number of amidine groups is 1. The minimum atomic E-state index is -0.747. The molecule has 0 unspecified atom stereocenters. The molecular weight excluding hydrogens is 685 g/mol. The van der Waals surface area contributed by atoms with Gasteiger partial charge in [-0.05, 0) is 79.3 Å². The highest BCUT2D eigenvalue weighted by Gasteiger charge is 2.34. The Bertz CT molecular complexity index is 1670. The van der Waals surface area contributed by atoms with Crippen molar-refractivity contribution in [3.05, 3.63) is 99.0 Å². The molecule has 2 saturated heterocycles. The van der Waals surface area contributed by atoms with Crippen LogP contribution in [0.3, 0.4) is 0 Å². The summed E-state index contributed by atoms with van der Waals surface area (Å²) in [7, 11) is 0. The molecular formula is C40H51Cl2N5O4. The average Bonchev–Trinajstić information content (AvgIpc) is 3.11. The van der Waals surface area contributed by atoms with Gasteiger partial charge in [0.25, 0.3) is 0 Å². The highest BCUT2D eigenvalue weighted by molar-refractivity contribution is 6.30. The van der Waals surface area contributed by atoms with E-state index in [4.69, 9.17) is 37.7 Å². The largest absolute Gasteiger partial charge is 0.493 e. The third-order valence-corrected chi connectivity index (χ3v) is 9.93. The fourth-order valence-electron chi connectivity index (χ4n) is 6.28. The van der Waals surface area contributed by atoms with Crippen LogP contribution in [-0.2, 0) is 27.0 Å². The van der Waals surface area contributed by atoms with Crippen LogP contribution in [0.25, 0.3) is 0 Å². The summed E-state index contributed by atoms with van der Waals surface area (Å²) in [5.41, 5.74) is 2.83. The third kappa shape index (κ3) is 10.0. The van der Waals surface area contributed by atoms with Crippen LogP contribution in [0.1, 0.15) is 63.8 Å². The quantitative estimate of drug-likeness (QED) is 0.168. The molecule has 11 heteroatoms. The van der Waals surface area contributed by atoms with Crippen molar-refractivity contribution in [1.82, 2.24) is 19.6 Å². The Balaban J connectivity index is 1.55. The Kier molecular flexibility index (Phi) is 12.7. The number of benzene rings is 3. The maximum absolute atomic E-state index is 14.9. The number of aliphatic imine (C=N–C) groups is 1. The molecule has 3 aromatic carbocycles. The van der Waals surface area contributed by atoms with Gasteiger partial charge < -0.3 is 19.3 Å². The Morgan fingerprint density at radius 1 is 0.804 bits per heavy atom. The summed E-state index contributed by atoms with van der Waals surface area (Å²) in [4.78, 5) is 40.9. The maximum Gasteiger partial charge on any atom is 0.326 e. The van der Waals surface area contributed by atoms with Crippen LogP contribution in [0, 0.1) is 0 Å². The van der Waals surface area contributed by atoms with Crippen LogP contribution < -0.4 is 4.74 Å². The maximum atomic E-state index is 14.9. The summed E-state index contributed by atoms with van der Waals surface area (Å²) in [6.07, 6.45) is 0. The first-order valence-corrected chi connectivity index (χ1v) is 18.5. The highest BCUT2D eigenvalue weighted by atomic mass is 35.5. The molecule has 2 heterocycles. The molecule has 9 nitrogen and oxygen atoms in total. The number of urea groups is 1. The zero-order chi connectivity index (χ0) is 36.8. The van der Waals surface area contributed by atoms with Gasteiger partial charge in [0, 0.05) is 49.3 Å². The van der Waals surface area contributed by atoms with E-state index in [2.05, 4.69) is 37.8 Å². The molecule has 0 saturated carbocycles. The minimum Gasteiger partial charge on any atom is -0.493 e. The molecule has 0 aromatic heterocycles. The van der Waals surface area contributed by atoms with Crippen LogP contribution in [-0.4, -0.2) is 103 Å². The number of hydrogen-bond acceptors (Lipinski definition) is 6. The number of hydrogen-bond donors (Lipinski definition) is 0. The van der Waals surface area contributed by atoms with Crippen molar-refractivity contribution >= 4 is 41.0 Å². The van der Waals surface area contributed by atoms with Gasteiger partial charge >= 0.3 is 6.03 Å². The van der Waals surface area contributed by atoms with Crippen LogP contribution >= 0.6 is 23.2 Å². The SMILES string of the molecule is CCOc1cc(C(C)(C)C)ccc1/C(=N/C(C)(C)c1ccc(Cl)cc1)N(Cc1ccc(Cl)cc1)C(=O)N1CCN(CC(=O)N2CCOCC2)CC1. The Labute approximate surface area is 313 Å². The zero-order valence-electron chi connectivity index (χ0n) is 30.8. The number of amides is 3. The van der Waals surface area contributed by atoms with Gasteiger partial charge in [-0.2, -0.15) is 0 Å². The number of nitrogens with zero attached hydrogens (tertiary/aromatic N) is 5. The smallest absolute Gasteiger partial charge is 0.326 e. The second-order valence-corrected chi connectivity index (χ2v) is 15.5. The summed E-state index contributed by atoms with van der Waals surface area (Å²) in [5, 5.41) is 1.26. The Hall–Kier alpha value is -3.63. The molecule has 5 rings (SSSR count). The van der Waals surface area contributed by atoms with Crippen molar-refractivity contribution in [2.24, 2.45) is 4.99 Å². The summed E-state index contributed by atoms with van der Waals surface area (Å²) in [6, 6.07) is 21.2. The van der Waals surface area contributed by atoms with E-state index in [1.165, 1.54) is 0 Å². The monoisotopic (exact) mass is 735 g/mol. The lowest BCUT2D eigenvalue weighted by atomic mass is 9.86. The second-order valence-electron chi connectivity index (χ2n) is 14.6. The van der Waals surface area contributed by atoms with Gasteiger partial charge in [-0.3, -0.25) is 19.6 Å². The molecule has 51 heavy (non-hydrogen) atoms. The lowest BCUT2D eigenvalue weighted by molar-refractivity contribution is -0.136. The molecule has 0 spiro atoms. The van der Waals surface area contributed by atoms with Crippen molar-refractivity contribution in [2.75, 3.05) is 65.6 Å². The molecule has 3 amide bonds. The fraction of sp³-hybridized carbons (Fsp3) is 0.475. The predicted molar refractivity (Wildman–Crippen MR) is 205 cm³/mol. The van der Waals surface area contributed by atoms with E-state index in [1.807, 2.05) is 85.2 Å². The predicted octanol–water partition coefficient (Wildman–Crippen LogP) is 7.47. The van der Waals surface area contributed by atoms with E-state index < -0.39 is 5.54 Å². The normalized spacial score (nSPS) is 16.3. The summed E-state index contributed by atoms with van der Waals surface area (Å²) < 4.78 is 11.7. The van der Waals surface area contributed by atoms with Gasteiger partial charge in [0.1, 0.15) is 11.6 Å². The summed E-state index contributed by atoms with van der Waals surface area (Å²) in [5.74, 6) is 1.27. The van der Waals surface area contributed by atoms with E-state index in [-0.39, 0.29) is 23.9 Å².